The SMILES string of the molecule is CCSCC(=O)N[C@H](Cc1ccccc1)C1CC(O)C1. The fourth-order valence-electron chi connectivity index (χ4n) is 2.61. The first-order valence-corrected chi connectivity index (χ1v) is 8.43. The molecule has 0 unspecified atom stereocenters. The Morgan fingerprint density at radius 2 is 2.10 bits per heavy atom. The quantitative estimate of drug-likeness (QED) is 0.810. The fourth-order valence-corrected chi connectivity index (χ4v) is 3.08. The molecule has 1 aromatic carbocycles. The molecule has 1 fully saturated rings. The second kappa shape index (κ2) is 7.70. The molecule has 0 aromatic heterocycles. The number of carbonyl (C=O) groups excluding carboxylic acids is 1. The van der Waals surface area contributed by atoms with Gasteiger partial charge in [-0.3, -0.25) is 4.79 Å². The first kappa shape index (κ1) is 15.4. The molecule has 0 aliphatic heterocycles. The number of thioether (sulfide) groups is 1. The van der Waals surface area contributed by atoms with Gasteiger partial charge in [-0.15, -0.1) is 0 Å². The van der Waals surface area contributed by atoms with Crippen LogP contribution >= 0.6 is 11.8 Å². The topological polar surface area (TPSA) is 49.3 Å². The summed E-state index contributed by atoms with van der Waals surface area (Å²) in [6.07, 6.45) is 2.28. The molecule has 1 atom stereocenters. The number of aliphatic hydroxyl groups is 1. The van der Waals surface area contributed by atoms with Crippen LogP contribution in [0.4, 0.5) is 0 Å². The van der Waals surface area contributed by atoms with Crippen molar-refractivity contribution in [2.24, 2.45) is 5.92 Å². The lowest BCUT2D eigenvalue weighted by Crippen LogP contribution is -2.48. The molecule has 20 heavy (non-hydrogen) atoms. The smallest absolute Gasteiger partial charge is 0.230 e. The number of nitrogens with one attached hydrogen (secondary N) is 1. The van der Waals surface area contributed by atoms with E-state index in [9.17, 15) is 9.90 Å². The van der Waals surface area contributed by atoms with Gasteiger partial charge in [-0.2, -0.15) is 11.8 Å². The van der Waals surface area contributed by atoms with Gasteiger partial charge >= 0.3 is 0 Å². The number of benzene rings is 1. The van der Waals surface area contributed by atoms with Crippen LogP contribution in [0.5, 0.6) is 0 Å². The van der Waals surface area contributed by atoms with E-state index in [0.29, 0.717) is 11.7 Å². The highest BCUT2D eigenvalue weighted by Crippen LogP contribution is 2.31. The standard InChI is InChI=1S/C16H23NO2S/c1-2-20-11-16(19)17-15(13-9-14(18)10-13)8-12-6-4-3-5-7-12/h3-7,13-15,18H,2,8-11H2,1H3,(H,17,19)/t13?,14?,15-/m1/s1. The zero-order chi connectivity index (χ0) is 14.4. The minimum absolute atomic E-state index is 0.110. The number of hydrogen-bond acceptors (Lipinski definition) is 3. The summed E-state index contributed by atoms with van der Waals surface area (Å²) in [6, 6.07) is 10.4. The van der Waals surface area contributed by atoms with Crippen molar-refractivity contribution >= 4 is 17.7 Å². The van der Waals surface area contributed by atoms with Gasteiger partial charge in [0, 0.05) is 6.04 Å². The van der Waals surface area contributed by atoms with E-state index in [1.54, 1.807) is 11.8 Å². The lowest BCUT2D eigenvalue weighted by atomic mass is 9.75. The Kier molecular flexibility index (Phi) is 5.92. The van der Waals surface area contributed by atoms with Crippen molar-refractivity contribution in [3.8, 4) is 0 Å². The predicted molar refractivity (Wildman–Crippen MR) is 83.8 cm³/mol. The first-order chi connectivity index (χ1) is 9.69. The van der Waals surface area contributed by atoms with Crippen molar-refractivity contribution in [3.05, 3.63) is 35.9 Å². The molecule has 1 amide bonds. The summed E-state index contributed by atoms with van der Waals surface area (Å²) in [4.78, 5) is 11.9. The summed E-state index contributed by atoms with van der Waals surface area (Å²) in [7, 11) is 0. The molecule has 1 aromatic rings. The van der Waals surface area contributed by atoms with Crippen LogP contribution in [0.1, 0.15) is 25.3 Å². The van der Waals surface area contributed by atoms with Gasteiger partial charge in [0.25, 0.3) is 0 Å². The second-order valence-electron chi connectivity index (χ2n) is 5.39. The van der Waals surface area contributed by atoms with Gasteiger partial charge in [0.05, 0.1) is 11.9 Å². The highest BCUT2D eigenvalue weighted by atomic mass is 32.2. The molecule has 2 rings (SSSR count). The van der Waals surface area contributed by atoms with Crippen molar-refractivity contribution in [1.82, 2.24) is 5.32 Å². The van der Waals surface area contributed by atoms with Crippen LogP contribution in [0.25, 0.3) is 0 Å². The van der Waals surface area contributed by atoms with Gasteiger partial charge in [-0.05, 0) is 36.5 Å². The van der Waals surface area contributed by atoms with E-state index >= 15 is 0 Å². The normalized spacial score (nSPS) is 22.9. The van der Waals surface area contributed by atoms with Crippen molar-refractivity contribution < 1.29 is 9.90 Å². The summed E-state index contributed by atoms with van der Waals surface area (Å²) in [5.74, 6) is 2.00. The lowest BCUT2D eigenvalue weighted by Gasteiger charge is -2.38. The van der Waals surface area contributed by atoms with E-state index in [1.807, 2.05) is 18.2 Å². The molecule has 0 saturated heterocycles. The Hall–Kier alpha value is -1.00. The molecule has 1 aliphatic carbocycles. The molecule has 1 saturated carbocycles. The number of rotatable bonds is 7. The van der Waals surface area contributed by atoms with Crippen LogP contribution < -0.4 is 5.32 Å². The maximum absolute atomic E-state index is 11.9. The van der Waals surface area contributed by atoms with E-state index in [2.05, 4.69) is 24.4 Å². The Morgan fingerprint density at radius 1 is 1.40 bits per heavy atom. The van der Waals surface area contributed by atoms with Gasteiger partial charge in [-0.25, -0.2) is 0 Å². The summed E-state index contributed by atoms with van der Waals surface area (Å²) in [5.41, 5.74) is 1.24. The highest BCUT2D eigenvalue weighted by Gasteiger charge is 2.34. The molecule has 0 spiro atoms. The van der Waals surface area contributed by atoms with E-state index in [-0.39, 0.29) is 18.1 Å². The number of carbonyl (C=O) groups is 1. The predicted octanol–water partition coefficient (Wildman–Crippen LogP) is 2.24. The largest absolute Gasteiger partial charge is 0.393 e. The van der Waals surface area contributed by atoms with Gasteiger partial charge in [0.15, 0.2) is 0 Å². The van der Waals surface area contributed by atoms with Crippen LogP contribution in [-0.2, 0) is 11.2 Å². The summed E-state index contributed by atoms with van der Waals surface area (Å²) < 4.78 is 0. The maximum atomic E-state index is 11.9. The van der Waals surface area contributed by atoms with Crippen molar-refractivity contribution in [2.45, 2.75) is 38.3 Å². The highest BCUT2D eigenvalue weighted by molar-refractivity contribution is 7.99. The van der Waals surface area contributed by atoms with Crippen LogP contribution in [-0.4, -0.2) is 34.7 Å². The third-order valence-electron chi connectivity index (χ3n) is 3.80. The van der Waals surface area contributed by atoms with E-state index < -0.39 is 0 Å². The van der Waals surface area contributed by atoms with Crippen molar-refractivity contribution in [1.29, 1.82) is 0 Å². The third kappa shape index (κ3) is 4.53. The van der Waals surface area contributed by atoms with E-state index in [4.69, 9.17) is 0 Å². The lowest BCUT2D eigenvalue weighted by molar-refractivity contribution is -0.120. The Balaban J connectivity index is 1.92. The summed E-state index contributed by atoms with van der Waals surface area (Å²) >= 11 is 1.64. The zero-order valence-electron chi connectivity index (χ0n) is 11.9. The molecular weight excluding hydrogens is 270 g/mol. The third-order valence-corrected chi connectivity index (χ3v) is 4.68. The monoisotopic (exact) mass is 293 g/mol. The average molecular weight is 293 g/mol. The summed E-state index contributed by atoms with van der Waals surface area (Å²) in [6.45, 7) is 2.06. The minimum atomic E-state index is -0.180. The van der Waals surface area contributed by atoms with Crippen molar-refractivity contribution in [3.63, 3.8) is 0 Å². The first-order valence-electron chi connectivity index (χ1n) is 7.28. The van der Waals surface area contributed by atoms with Gasteiger partial charge in [0.1, 0.15) is 0 Å². The van der Waals surface area contributed by atoms with Crippen LogP contribution in [0, 0.1) is 5.92 Å². The Bertz CT molecular complexity index is 418. The molecular formula is C16H23NO2S. The van der Waals surface area contributed by atoms with Crippen LogP contribution in [0.15, 0.2) is 30.3 Å². The molecule has 3 nitrogen and oxygen atoms in total. The van der Waals surface area contributed by atoms with Crippen LogP contribution in [0.2, 0.25) is 0 Å². The number of hydrogen-bond donors (Lipinski definition) is 2. The zero-order valence-corrected chi connectivity index (χ0v) is 12.7. The molecule has 1 aliphatic rings. The maximum Gasteiger partial charge on any atom is 0.230 e. The van der Waals surface area contributed by atoms with Crippen molar-refractivity contribution in [2.75, 3.05) is 11.5 Å². The second-order valence-corrected chi connectivity index (χ2v) is 6.66. The molecule has 4 heteroatoms. The van der Waals surface area contributed by atoms with Gasteiger partial charge < -0.3 is 10.4 Å². The molecule has 0 bridgehead atoms. The summed E-state index contributed by atoms with van der Waals surface area (Å²) in [5, 5.41) is 12.6. The number of amides is 1. The fraction of sp³-hybridized carbons (Fsp3) is 0.562. The molecule has 110 valence electrons. The van der Waals surface area contributed by atoms with Gasteiger partial charge in [-0.1, -0.05) is 37.3 Å². The van der Waals surface area contributed by atoms with E-state index in [0.717, 1.165) is 25.0 Å². The Labute approximate surface area is 125 Å². The number of aliphatic hydroxyl groups excluding tert-OH is 1. The molecule has 2 N–H and O–H groups in total. The minimum Gasteiger partial charge on any atom is -0.393 e. The van der Waals surface area contributed by atoms with E-state index in [1.165, 1.54) is 5.56 Å². The Morgan fingerprint density at radius 3 is 2.70 bits per heavy atom. The average Bonchev–Trinajstić information content (AvgIpc) is 2.42. The molecule has 0 radical (unpaired) electrons. The van der Waals surface area contributed by atoms with Crippen LogP contribution in [0.3, 0.4) is 0 Å². The van der Waals surface area contributed by atoms with Gasteiger partial charge in [0.2, 0.25) is 5.91 Å². The molecule has 0 heterocycles.